The Morgan fingerprint density at radius 3 is 2.50 bits per heavy atom. The Bertz CT molecular complexity index is 917. The highest BCUT2D eigenvalue weighted by Gasteiger charge is 2.34. The molecule has 1 saturated heterocycles. The van der Waals surface area contributed by atoms with Gasteiger partial charge in [-0.05, 0) is 35.9 Å². The van der Waals surface area contributed by atoms with Crippen LogP contribution < -0.4 is 4.90 Å². The molecule has 1 N–H and O–H groups in total. The summed E-state index contributed by atoms with van der Waals surface area (Å²) < 4.78 is 13.3. The van der Waals surface area contributed by atoms with E-state index in [4.69, 9.17) is 12.2 Å². The highest BCUT2D eigenvalue weighted by Crippen LogP contribution is 2.32. The lowest BCUT2D eigenvalue weighted by Gasteiger charge is -2.24. The van der Waals surface area contributed by atoms with Crippen molar-refractivity contribution in [1.29, 1.82) is 0 Å². The molecular formula is C20H17FN2O3S2. The fourth-order valence-electron chi connectivity index (χ4n) is 2.67. The molecule has 0 saturated carbocycles. The van der Waals surface area contributed by atoms with Crippen molar-refractivity contribution >= 4 is 51.9 Å². The van der Waals surface area contributed by atoms with E-state index >= 15 is 0 Å². The van der Waals surface area contributed by atoms with Crippen LogP contribution in [0.4, 0.5) is 10.1 Å². The molecule has 0 atom stereocenters. The van der Waals surface area contributed by atoms with Crippen LogP contribution in [-0.2, 0) is 9.59 Å². The van der Waals surface area contributed by atoms with Gasteiger partial charge in [-0.2, -0.15) is 0 Å². The van der Waals surface area contributed by atoms with E-state index in [1.165, 1.54) is 21.9 Å². The number of rotatable bonds is 6. The van der Waals surface area contributed by atoms with Crippen molar-refractivity contribution in [3.05, 3.63) is 70.9 Å². The van der Waals surface area contributed by atoms with Crippen LogP contribution in [0.25, 0.3) is 6.08 Å². The van der Waals surface area contributed by atoms with Crippen molar-refractivity contribution in [2.75, 3.05) is 24.6 Å². The first kappa shape index (κ1) is 20.2. The minimum absolute atomic E-state index is 0.114. The molecule has 1 fully saturated rings. The average Bonchev–Trinajstić information content (AvgIpc) is 2.96. The molecule has 8 heteroatoms. The zero-order chi connectivity index (χ0) is 20.1. The van der Waals surface area contributed by atoms with Crippen molar-refractivity contribution in [3.8, 4) is 0 Å². The van der Waals surface area contributed by atoms with Gasteiger partial charge < -0.3 is 10.0 Å². The second kappa shape index (κ2) is 9.09. The number of carbonyl (C=O) groups is 2. The van der Waals surface area contributed by atoms with Gasteiger partial charge in [0.15, 0.2) is 0 Å². The highest BCUT2D eigenvalue weighted by molar-refractivity contribution is 8.26. The van der Waals surface area contributed by atoms with Gasteiger partial charge in [0.05, 0.1) is 11.5 Å². The number of anilines is 1. The second-order valence-electron chi connectivity index (χ2n) is 5.92. The number of aliphatic hydroxyl groups excluding tert-OH is 1. The Balaban J connectivity index is 1.76. The van der Waals surface area contributed by atoms with Gasteiger partial charge in [0, 0.05) is 12.2 Å². The van der Waals surface area contributed by atoms with Gasteiger partial charge >= 0.3 is 0 Å². The SMILES string of the molecule is O=C1/C(=C/c2ccc(F)cc2)SC(=S)N1CC(=O)N(CCO)c1ccccc1. The lowest BCUT2D eigenvalue weighted by Crippen LogP contribution is -2.43. The van der Waals surface area contributed by atoms with Crippen molar-refractivity contribution in [2.45, 2.75) is 0 Å². The van der Waals surface area contributed by atoms with E-state index in [0.29, 0.717) is 16.2 Å². The number of hydrogen-bond donors (Lipinski definition) is 1. The molecule has 144 valence electrons. The van der Waals surface area contributed by atoms with Crippen molar-refractivity contribution in [2.24, 2.45) is 0 Å². The average molecular weight is 416 g/mol. The molecule has 2 aromatic rings. The van der Waals surface area contributed by atoms with E-state index in [0.717, 1.165) is 11.8 Å². The largest absolute Gasteiger partial charge is 0.395 e. The first-order valence-corrected chi connectivity index (χ1v) is 9.69. The third kappa shape index (κ3) is 4.64. The first-order valence-electron chi connectivity index (χ1n) is 8.47. The quantitative estimate of drug-likeness (QED) is 0.579. The number of benzene rings is 2. The van der Waals surface area contributed by atoms with Crippen LogP contribution in [0.3, 0.4) is 0 Å². The van der Waals surface area contributed by atoms with Crippen LogP contribution in [-0.4, -0.2) is 45.8 Å². The molecule has 0 radical (unpaired) electrons. The van der Waals surface area contributed by atoms with Crippen LogP contribution in [0.2, 0.25) is 0 Å². The molecule has 0 bridgehead atoms. The minimum Gasteiger partial charge on any atom is -0.395 e. The van der Waals surface area contributed by atoms with Crippen LogP contribution in [0.1, 0.15) is 5.56 Å². The Morgan fingerprint density at radius 2 is 1.86 bits per heavy atom. The molecule has 1 heterocycles. The highest BCUT2D eigenvalue weighted by atomic mass is 32.2. The van der Waals surface area contributed by atoms with Gasteiger partial charge in [0.25, 0.3) is 5.91 Å². The van der Waals surface area contributed by atoms with E-state index in [-0.39, 0.29) is 41.6 Å². The monoisotopic (exact) mass is 416 g/mol. The minimum atomic E-state index is -0.371. The molecule has 2 aromatic carbocycles. The molecular weight excluding hydrogens is 399 g/mol. The Kier molecular flexibility index (Phi) is 6.56. The van der Waals surface area contributed by atoms with Gasteiger partial charge in [-0.15, -0.1) is 0 Å². The molecule has 0 aliphatic carbocycles. The number of para-hydroxylation sites is 1. The van der Waals surface area contributed by atoms with Crippen molar-refractivity contribution in [1.82, 2.24) is 4.90 Å². The fourth-order valence-corrected chi connectivity index (χ4v) is 3.93. The summed E-state index contributed by atoms with van der Waals surface area (Å²) >= 11 is 6.36. The topological polar surface area (TPSA) is 60.9 Å². The van der Waals surface area contributed by atoms with Gasteiger partial charge in [-0.1, -0.05) is 54.3 Å². The number of amides is 2. The summed E-state index contributed by atoms with van der Waals surface area (Å²) in [5.41, 5.74) is 1.30. The van der Waals surface area contributed by atoms with Gasteiger partial charge in [-0.25, -0.2) is 4.39 Å². The summed E-state index contributed by atoms with van der Waals surface area (Å²) in [5.74, 6) is -1.08. The van der Waals surface area contributed by atoms with Crippen molar-refractivity contribution in [3.63, 3.8) is 0 Å². The molecule has 3 rings (SSSR count). The molecule has 1 aliphatic rings. The number of thioether (sulfide) groups is 1. The summed E-state index contributed by atoms with van der Waals surface area (Å²) in [6.07, 6.45) is 1.62. The predicted molar refractivity (Wildman–Crippen MR) is 112 cm³/mol. The molecule has 0 aromatic heterocycles. The fraction of sp³-hybridized carbons (Fsp3) is 0.150. The predicted octanol–water partition coefficient (Wildman–Crippen LogP) is 3.05. The summed E-state index contributed by atoms with van der Waals surface area (Å²) in [6.45, 7) is -0.313. The van der Waals surface area contributed by atoms with Crippen LogP contribution in [0.5, 0.6) is 0 Å². The van der Waals surface area contributed by atoms with Crippen LogP contribution in [0.15, 0.2) is 59.5 Å². The molecule has 1 aliphatic heterocycles. The second-order valence-corrected chi connectivity index (χ2v) is 7.60. The van der Waals surface area contributed by atoms with E-state index in [2.05, 4.69) is 0 Å². The summed E-state index contributed by atoms with van der Waals surface area (Å²) in [6, 6.07) is 14.7. The maximum atomic E-state index is 13.0. The number of thiocarbonyl (C=S) groups is 1. The Labute approximate surface area is 171 Å². The van der Waals surface area contributed by atoms with Crippen LogP contribution in [0, 0.1) is 5.82 Å². The maximum absolute atomic E-state index is 13.0. The smallest absolute Gasteiger partial charge is 0.266 e. The lowest BCUT2D eigenvalue weighted by atomic mass is 10.2. The normalized spacial score (nSPS) is 15.4. The summed E-state index contributed by atoms with van der Waals surface area (Å²) in [5, 5.41) is 9.30. The third-order valence-electron chi connectivity index (χ3n) is 4.03. The summed E-state index contributed by atoms with van der Waals surface area (Å²) in [7, 11) is 0. The van der Waals surface area contributed by atoms with E-state index in [9.17, 15) is 19.1 Å². The van der Waals surface area contributed by atoms with E-state index in [1.54, 1.807) is 42.5 Å². The molecule has 28 heavy (non-hydrogen) atoms. The number of aliphatic hydroxyl groups is 1. The van der Waals surface area contributed by atoms with Gasteiger partial charge in [-0.3, -0.25) is 14.5 Å². The zero-order valence-corrected chi connectivity index (χ0v) is 16.4. The molecule has 0 unspecified atom stereocenters. The number of nitrogens with zero attached hydrogens (tertiary/aromatic N) is 2. The molecule has 0 spiro atoms. The first-order chi connectivity index (χ1) is 13.5. The van der Waals surface area contributed by atoms with Gasteiger partial charge in [0.1, 0.15) is 16.7 Å². The number of halogens is 1. The molecule has 2 amide bonds. The van der Waals surface area contributed by atoms with Crippen molar-refractivity contribution < 1.29 is 19.1 Å². The number of carbonyl (C=O) groups excluding carboxylic acids is 2. The zero-order valence-electron chi connectivity index (χ0n) is 14.7. The third-order valence-corrected chi connectivity index (χ3v) is 5.41. The van der Waals surface area contributed by atoms with E-state index < -0.39 is 0 Å². The standard InChI is InChI=1S/C20H17FN2O3S2/c21-15-8-6-14(7-9-15)12-17-19(26)23(20(27)28-17)13-18(25)22(10-11-24)16-4-2-1-3-5-16/h1-9,12,24H,10-11,13H2/b17-12-. The Morgan fingerprint density at radius 1 is 1.18 bits per heavy atom. The van der Waals surface area contributed by atoms with Gasteiger partial charge in [0.2, 0.25) is 5.91 Å². The Hall–Kier alpha value is -2.55. The number of hydrogen-bond acceptors (Lipinski definition) is 5. The van der Waals surface area contributed by atoms with E-state index in [1.807, 2.05) is 6.07 Å². The molecule has 5 nitrogen and oxygen atoms in total. The lowest BCUT2D eigenvalue weighted by molar-refractivity contribution is -0.127. The maximum Gasteiger partial charge on any atom is 0.266 e. The summed E-state index contributed by atoms with van der Waals surface area (Å²) in [4.78, 5) is 28.5. The van der Waals surface area contributed by atoms with Crippen LogP contribution >= 0.6 is 24.0 Å².